The summed E-state index contributed by atoms with van der Waals surface area (Å²) in [4.78, 5) is 24.9. The second-order valence-electron chi connectivity index (χ2n) is 5.80. The van der Waals surface area contributed by atoms with Crippen LogP contribution in [-0.4, -0.2) is 31.4 Å². The third kappa shape index (κ3) is 5.65. The van der Waals surface area contributed by atoms with Crippen molar-refractivity contribution in [3.8, 4) is 0 Å². The number of amides is 2. The fourth-order valence-corrected chi connectivity index (χ4v) is 2.19. The highest BCUT2D eigenvalue weighted by Gasteiger charge is 2.24. The molecule has 132 valence electrons. The summed E-state index contributed by atoms with van der Waals surface area (Å²) >= 11 is 0. The molecule has 5 nitrogen and oxygen atoms in total. The molecule has 0 aliphatic carbocycles. The molecule has 0 radical (unpaired) electrons. The zero-order chi connectivity index (χ0) is 18.4. The molecular formula is C18H20F2N3O2+. The van der Waals surface area contributed by atoms with Crippen molar-refractivity contribution < 1.29 is 23.3 Å². The zero-order valence-electron chi connectivity index (χ0n) is 14.0. The Bertz CT molecular complexity index is 750. The van der Waals surface area contributed by atoms with E-state index < -0.39 is 11.9 Å². The number of hydrogen-bond donors (Lipinski definition) is 3. The third-order valence-electron chi connectivity index (χ3n) is 3.79. The summed E-state index contributed by atoms with van der Waals surface area (Å²) in [6.07, 6.45) is 0. The molecule has 1 unspecified atom stereocenters. The van der Waals surface area contributed by atoms with E-state index in [1.165, 1.54) is 42.5 Å². The van der Waals surface area contributed by atoms with Gasteiger partial charge < -0.3 is 15.5 Å². The Morgan fingerprint density at radius 1 is 1.00 bits per heavy atom. The van der Waals surface area contributed by atoms with Crippen LogP contribution in [0.15, 0.2) is 48.5 Å². The van der Waals surface area contributed by atoms with Crippen molar-refractivity contribution in [3.63, 3.8) is 0 Å². The molecule has 0 aliphatic rings. The maximum atomic E-state index is 13.1. The smallest absolute Gasteiger partial charge is 0.282 e. The molecule has 7 heteroatoms. The highest BCUT2D eigenvalue weighted by molar-refractivity contribution is 5.94. The summed E-state index contributed by atoms with van der Waals surface area (Å²) in [6.45, 7) is 1.72. The van der Waals surface area contributed by atoms with Crippen LogP contribution in [0.25, 0.3) is 0 Å². The van der Waals surface area contributed by atoms with E-state index in [-0.39, 0.29) is 24.2 Å². The molecule has 0 saturated carbocycles. The van der Waals surface area contributed by atoms with E-state index in [0.717, 1.165) is 0 Å². The Morgan fingerprint density at radius 3 is 2.32 bits per heavy atom. The summed E-state index contributed by atoms with van der Waals surface area (Å²) in [5.41, 5.74) is 0.844. The molecule has 0 heterocycles. The number of anilines is 2. The number of halogens is 2. The molecular weight excluding hydrogens is 328 g/mol. The topological polar surface area (TPSA) is 62.6 Å². The summed E-state index contributed by atoms with van der Waals surface area (Å²) in [5, 5.41) is 5.26. The van der Waals surface area contributed by atoms with E-state index in [2.05, 4.69) is 10.6 Å². The summed E-state index contributed by atoms with van der Waals surface area (Å²) in [7, 11) is 1.71. The van der Waals surface area contributed by atoms with Crippen LogP contribution in [0.5, 0.6) is 0 Å². The standard InChI is InChI=1S/C18H19F2N3O2/c1-12(18(25)22-15-8-6-13(19)7-9-15)23(2)11-17(24)21-16-5-3-4-14(20)10-16/h3-10,12H,11H2,1-2H3,(H,21,24)(H,22,25)/p+1/t12-/m1/s1. The highest BCUT2D eigenvalue weighted by atomic mass is 19.1. The lowest BCUT2D eigenvalue weighted by Gasteiger charge is -2.20. The van der Waals surface area contributed by atoms with Crippen molar-refractivity contribution in [1.82, 2.24) is 0 Å². The van der Waals surface area contributed by atoms with Gasteiger partial charge in [0.25, 0.3) is 11.8 Å². The monoisotopic (exact) mass is 348 g/mol. The van der Waals surface area contributed by atoms with Crippen LogP contribution in [0, 0.1) is 11.6 Å². The molecule has 2 atom stereocenters. The lowest BCUT2D eigenvalue weighted by Crippen LogP contribution is -3.14. The number of benzene rings is 2. The van der Waals surface area contributed by atoms with E-state index in [1.807, 2.05) is 0 Å². The Kier molecular flexibility index (Phi) is 6.19. The van der Waals surface area contributed by atoms with Gasteiger partial charge in [-0.2, -0.15) is 0 Å². The molecule has 2 aromatic rings. The predicted molar refractivity (Wildman–Crippen MR) is 91.3 cm³/mol. The van der Waals surface area contributed by atoms with Crippen LogP contribution in [-0.2, 0) is 9.59 Å². The quantitative estimate of drug-likeness (QED) is 0.740. The number of carbonyl (C=O) groups excluding carboxylic acids is 2. The van der Waals surface area contributed by atoms with Gasteiger partial charge in [-0.3, -0.25) is 9.59 Å². The minimum absolute atomic E-state index is 0.0362. The first-order valence-electron chi connectivity index (χ1n) is 7.79. The number of nitrogens with one attached hydrogen (secondary N) is 3. The second-order valence-corrected chi connectivity index (χ2v) is 5.80. The first kappa shape index (κ1) is 18.5. The maximum Gasteiger partial charge on any atom is 0.282 e. The second kappa shape index (κ2) is 8.34. The Balaban J connectivity index is 1.88. The Labute approximate surface area is 144 Å². The summed E-state index contributed by atoms with van der Waals surface area (Å²) < 4.78 is 26.0. The average Bonchev–Trinajstić information content (AvgIpc) is 2.56. The van der Waals surface area contributed by atoms with Crippen molar-refractivity contribution in [3.05, 3.63) is 60.2 Å². The lowest BCUT2D eigenvalue weighted by atomic mass is 10.2. The first-order chi connectivity index (χ1) is 11.8. The largest absolute Gasteiger partial charge is 0.321 e. The van der Waals surface area contributed by atoms with Gasteiger partial charge in [0, 0.05) is 11.4 Å². The number of hydrogen-bond acceptors (Lipinski definition) is 2. The van der Waals surface area contributed by atoms with Crippen LogP contribution in [0.4, 0.5) is 20.2 Å². The van der Waals surface area contributed by atoms with Crippen molar-refractivity contribution in [2.45, 2.75) is 13.0 Å². The van der Waals surface area contributed by atoms with Crippen molar-refractivity contribution in [2.75, 3.05) is 24.2 Å². The maximum absolute atomic E-state index is 13.1. The molecule has 2 rings (SSSR count). The molecule has 0 spiro atoms. The molecule has 25 heavy (non-hydrogen) atoms. The predicted octanol–water partition coefficient (Wildman–Crippen LogP) is 1.45. The molecule has 3 N–H and O–H groups in total. The number of likely N-dealkylation sites (N-methyl/N-ethyl adjacent to an activating group) is 1. The van der Waals surface area contributed by atoms with Gasteiger partial charge in [-0.15, -0.1) is 0 Å². The van der Waals surface area contributed by atoms with Crippen LogP contribution in [0.3, 0.4) is 0 Å². The zero-order valence-corrected chi connectivity index (χ0v) is 14.0. The Hall–Kier alpha value is -2.80. The van der Waals surface area contributed by atoms with E-state index in [9.17, 15) is 18.4 Å². The number of quaternary nitrogens is 1. The van der Waals surface area contributed by atoms with Gasteiger partial charge in [-0.25, -0.2) is 8.78 Å². The Morgan fingerprint density at radius 2 is 1.68 bits per heavy atom. The van der Waals surface area contributed by atoms with Crippen molar-refractivity contribution in [2.24, 2.45) is 0 Å². The molecule has 0 aromatic heterocycles. The van der Waals surface area contributed by atoms with Crippen molar-refractivity contribution in [1.29, 1.82) is 0 Å². The average molecular weight is 348 g/mol. The number of carbonyl (C=O) groups is 2. The van der Waals surface area contributed by atoms with Crippen LogP contribution in [0.1, 0.15) is 6.92 Å². The summed E-state index contributed by atoms with van der Waals surface area (Å²) in [5.74, 6) is -1.44. The minimum Gasteiger partial charge on any atom is -0.321 e. The number of rotatable bonds is 6. The van der Waals surface area contributed by atoms with E-state index in [4.69, 9.17) is 0 Å². The van der Waals surface area contributed by atoms with E-state index in [0.29, 0.717) is 16.3 Å². The molecule has 2 amide bonds. The van der Waals surface area contributed by atoms with Gasteiger partial charge in [-0.05, 0) is 49.4 Å². The lowest BCUT2D eigenvalue weighted by molar-refractivity contribution is -0.885. The molecule has 0 saturated heterocycles. The van der Waals surface area contributed by atoms with Crippen LogP contribution >= 0.6 is 0 Å². The van der Waals surface area contributed by atoms with Gasteiger partial charge in [0.1, 0.15) is 11.6 Å². The van der Waals surface area contributed by atoms with Gasteiger partial charge in [-0.1, -0.05) is 6.07 Å². The SMILES string of the molecule is C[C@H](C(=O)Nc1ccc(F)cc1)[NH+](C)CC(=O)Nc1cccc(F)c1. The molecule has 0 bridgehead atoms. The normalized spacial score (nSPS) is 13.0. The van der Waals surface area contributed by atoms with E-state index >= 15 is 0 Å². The van der Waals surface area contributed by atoms with Crippen LogP contribution < -0.4 is 15.5 Å². The summed E-state index contributed by atoms with van der Waals surface area (Å²) in [6, 6.07) is 10.5. The fraction of sp³-hybridized carbons (Fsp3) is 0.222. The molecule has 2 aromatic carbocycles. The van der Waals surface area contributed by atoms with E-state index in [1.54, 1.807) is 20.0 Å². The molecule has 0 aliphatic heterocycles. The van der Waals surface area contributed by atoms with Crippen molar-refractivity contribution >= 4 is 23.2 Å². The third-order valence-corrected chi connectivity index (χ3v) is 3.79. The minimum atomic E-state index is -0.511. The van der Waals surface area contributed by atoms with Gasteiger partial charge in [0.05, 0.1) is 7.05 Å². The van der Waals surface area contributed by atoms with Gasteiger partial charge in [0.15, 0.2) is 12.6 Å². The molecule has 0 fully saturated rings. The fourth-order valence-electron chi connectivity index (χ4n) is 2.19. The first-order valence-corrected chi connectivity index (χ1v) is 7.79. The van der Waals surface area contributed by atoms with Gasteiger partial charge in [0.2, 0.25) is 0 Å². The van der Waals surface area contributed by atoms with Gasteiger partial charge >= 0.3 is 0 Å². The van der Waals surface area contributed by atoms with Crippen LogP contribution in [0.2, 0.25) is 0 Å². The highest BCUT2D eigenvalue weighted by Crippen LogP contribution is 2.09.